The Morgan fingerprint density at radius 2 is 0.857 bits per heavy atom. The first-order chi connectivity index (χ1) is 2.00. The molecular weight excluding hydrogens is 227 g/mol. The van der Waals surface area contributed by atoms with Gasteiger partial charge in [-0.15, -0.1) is 0 Å². The summed E-state index contributed by atoms with van der Waals surface area (Å²) < 4.78 is 0. The zero-order valence-electron chi connectivity index (χ0n) is 2.90. The average Bonchev–Trinajstić information content (AvgIpc) is 1.50. The van der Waals surface area contributed by atoms with Gasteiger partial charge in [0.25, 0.3) is 0 Å². The molecule has 7 heavy (non-hydrogen) atoms. The van der Waals surface area contributed by atoms with Gasteiger partial charge in [-0.25, -0.2) is 0 Å². The molecule has 0 aromatic carbocycles. The van der Waals surface area contributed by atoms with Gasteiger partial charge in [0.15, 0.2) is 0 Å². The van der Waals surface area contributed by atoms with Crippen molar-refractivity contribution in [1.29, 1.82) is 10.5 Å². The van der Waals surface area contributed by atoms with Crippen LogP contribution in [0, 0.1) is 23.7 Å². The third kappa shape index (κ3) is 465. The summed E-state index contributed by atoms with van der Waals surface area (Å²) in [6, 6.07) is 0. The summed E-state index contributed by atoms with van der Waals surface area (Å²) in [5, 5.41) is 12.5. The summed E-state index contributed by atoms with van der Waals surface area (Å²) in [5.41, 5.74) is 0. The van der Waals surface area contributed by atoms with Crippen molar-refractivity contribution in [3.05, 3.63) is 13.1 Å². The Hall–Kier alpha value is 0.538. The minimum atomic E-state index is 0. The van der Waals surface area contributed by atoms with Crippen LogP contribution in [-0.4, -0.2) is 0 Å². The van der Waals surface area contributed by atoms with Crippen LogP contribution in [0.1, 0.15) is 0 Å². The second kappa shape index (κ2) is 692. The zero-order chi connectivity index (χ0) is 4.00. The fraction of sp³-hybridized carbons (Fsp3) is 0. The Kier molecular flexibility index (Phi) is 4940. The predicted molar refractivity (Wildman–Crippen MR) is 9.94 cm³/mol. The Bertz CT molecular complexity index is 29.2. The van der Waals surface area contributed by atoms with Gasteiger partial charge in [-0.2, -0.15) is 0 Å². The van der Waals surface area contributed by atoms with E-state index >= 15 is 0 Å². The van der Waals surface area contributed by atoms with Crippen molar-refractivity contribution in [2.24, 2.45) is 0 Å². The first-order valence-electron chi connectivity index (χ1n) is 0.447. The standard InChI is InChI=1S/2CN.Cu.2Fe/c2*1-2;;;/q2*-1;;;+2. The van der Waals surface area contributed by atoms with E-state index in [0.29, 0.717) is 0 Å². The minimum absolute atomic E-state index is 0. The molecule has 0 amide bonds. The van der Waals surface area contributed by atoms with E-state index in [4.69, 9.17) is 23.7 Å². The van der Waals surface area contributed by atoms with E-state index in [2.05, 4.69) is 0 Å². The van der Waals surface area contributed by atoms with Crippen LogP contribution in [0.25, 0.3) is 0 Å². The summed E-state index contributed by atoms with van der Waals surface area (Å²) in [6.07, 6.45) is 0. The fourth-order valence-corrected chi connectivity index (χ4v) is 0. The summed E-state index contributed by atoms with van der Waals surface area (Å²) in [4.78, 5) is 0. The van der Waals surface area contributed by atoms with Gasteiger partial charge in [0.1, 0.15) is 0 Å². The molecule has 5 heteroatoms. The third-order valence-corrected chi connectivity index (χ3v) is 0. The van der Waals surface area contributed by atoms with E-state index < -0.39 is 0 Å². The molecule has 0 bridgehead atoms. The average molecular weight is 227 g/mol. The maximum Gasteiger partial charge on any atom is 2.00 e. The first-order valence-corrected chi connectivity index (χ1v) is 0.447. The van der Waals surface area contributed by atoms with Crippen molar-refractivity contribution in [3.63, 3.8) is 0 Å². The maximum atomic E-state index is 6.25. The van der Waals surface area contributed by atoms with Gasteiger partial charge in [-0.1, -0.05) is 0 Å². The number of hydrogen-bond acceptors (Lipinski definition) is 2. The summed E-state index contributed by atoms with van der Waals surface area (Å²) in [5.74, 6) is 0. The molecule has 0 heterocycles. The summed E-state index contributed by atoms with van der Waals surface area (Å²) in [7, 11) is 0. The van der Waals surface area contributed by atoms with E-state index in [-0.39, 0.29) is 51.2 Å². The van der Waals surface area contributed by atoms with Gasteiger partial charge in [-0.3, -0.25) is 0 Å². The second-order valence-electron chi connectivity index (χ2n) is 0. The van der Waals surface area contributed by atoms with Gasteiger partial charge in [0.2, 0.25) is 0 Å². The van der Waals surface area contributed by atoms with Crippen LogP contribution in [0.4, 0.5) is 0 Å². The molecule has 0 aliphatic rings. The molecule has 0 unspecified atom stereocenters. The predicted octanol–water partition coefficient (Wildman–Crippen LogP) is 0.185. The fourth-order valence-electron chi connectivity index (χ4n) is 0. The first kappa shape index (κ1) is 50.0. The Morgan fingerprint density at radius 1 is 0.857 bits per heavy atom. The normalized spacial score (nSPS) is 0.571. The van der Waals surface area contributed by atoms with Crippen molar-refractivity contribution in [3.8, 4) is 0 Å². The van der Waals surface area contributed by atoms with Crippen LogP contribution in [0.15, 0.2) is 0 Å². The van der Waals surface area contributed by atoms with E-state index in [9.17, 15) is 0 Å². The zero-order valence-corrected chi connectivity index (χ0v) is 6.05. The number of rotatable bonds is 0. The molecule has 45 valence electrons. The van der Waals surface area contributed by atoms with Gasteiger partial charge < -0.3 is 23.7 Å². The molecule has 0 aliphatic carbocycles. The second-order valence-corrected chi connectivity index (χ2v) is 0. The Balaban J connectivity index is -0.00000000267. The SMILES string of the molecule is [C-]#N.[C-]#N.[Cu].[Fe+2].[Fe]. The van der Waals surface area contributed by atoms with Gasteiger partial charge >= 0.3 is 17.1 Å². The quantitative estimate of drug-likeness (QED) is 0.438. The molecule has 1 radical (unpaired) electrons. The molecule has 0 saturated carbocycles. The molecule has 0 fully saturated rings. The number of nitrogens with zero attached hydrogens (tertiary/aromatic N) is 2. The third-order valence-electron chi connectivity index (χ3n) is 0. The summed E-state index contributed by atoms with van der Waals surface area (Å²) >= 11 is 0. The molecule has 0 N–H and O–H groups in total. The van der Waals surface area contributed by atoms with E-state index in [1.807, 2.05) is 0 Å². The van der Waals surface area contributed by atoms with E-state index in [1.165, 1.54) is 0 Å². The molecule has 0 atom stereocenters. The monoisotopic (exact) mass is 227 g/mol. The molecule has 0 aliphatic heterocycles. The largest absolute Gasteiger partial charge is 2.00 e. The van der Waals surface area contributed by atoms with Crippen molar-refractivity contribution in [1.82, 2.24) is 0 Å². The van der Waals surface area contributed by atoms with Crippen LogP contribution in [0.5, 0.6) is 0 Å². The Labute approximate surface area is 74.7 Å². The van der Waals surface area contributed by atoms with Gasteiger partial charge in [0.05, 0.1) is 0 Å². The topological polar surface area (TPSA) is 47.6 Å². The molecule has 0 rings (SSSR count). The Morgan fingerprint density at radius 3 is 0.857 bits per heavy atom. The maximum absolute atomic E-state index is 6.25. The van der Waals surface area contributed by atoms with Crippen molar-refractivity contribution >= 4 is 0 Å². The van der Waals surface area contributed by atoms with Crippen LogP contribution in [0.2, 0.25) is 0 Å². The van der Waals surface area contributed by atoms with E-state index in [1.54, 1.807) is 0 Å². The molecule has 0 aromatic rings. The van der Waals surface area contributed by atoms with Crippen LogP contribution < -0.4 is 0 Å². The van der Waals surface area contributed by atoms with E-state index in [0.717, 1.165) is 0 Å². The van der Waals surface area contributed by atoms with Gasteiger partial charge in [0, 0.05) is 34.1 Å². The number of hydrogen-bond donors (Lipinski definition) is 0. The smallest absolute Gasteiger partial charge is 0.512 e. The van der Waals surface area contributed by atoms with Crippen LogP contribution in [0.3, 0.4) is 0 Å². The van der Waals surface area contributed by atoms with Crippen molar-refractivity contribution in [2.75, 3.05) is 0 Å². The minimum Gasteiger partial charge on any atom is -0.512 e. The van der Waals surface area contributed by atoms with Crippen molar-refractivity contribution < 1.29 is 51.2 Å². The molecule has 0 saturated heterocycles. The summed E-state index contributed by atoms with van der Waals surface area (Å²) in [6.45, 7) is 9.50. The molecule has 2 nitrogen and oxygen atoms in total. The molecular formula is C2CuFe2N2. The van der Waals surface area contributed by atoms with Crippen molar-refractivity contribution in [2.45, 2.75) is 0 Å². The molecule has 0 spiro atoms. The van der Waals surface area contributed by atoms with Gasteiger partial charge in [-0.05, 0) is 0 Å². The van der Waals surface area contributed by atoms with Crippen LogP contribution >= 0.6 is 0 Å². The molecule has 0 aromatic heterocycles. The van der Waals surface area contributed by atoms with Crippen LogP contribution in [-0.2, 0) is 51.2 Å².